The third kappa shape index (κ3) is 9.91. The van der Waals surface area contributed by atoms with E-state index < -0.39 is 0 Å². The van der Waals surface area contributed by atoms with Gasteiger partial charge in [0, 0.05) is 44.7 Å². The van der Waals surface area contributed by atoms with Crippen molar-refractivity contribution in [3.05, 3.63) is 35.4 Å². The topological polar surface area (TPSA) is 85.8 Å². The average Bonchev–Trinajstić information content (AvgIpc) is 2.66. The molecule has 0 atom stereocenters. The van der Waals surface area contributed by atoms with Crippen LogP contribution in [0.15, 0.2) is 29.3 Å². The van der Waals surface area contributed by atoms with Gasteiger partial charge in [0.15, 0.2) is 5.96 Å². The zero-order chi connectivity index (χ0) is 20.1. The van der Waals surface area contributed by atoms with E-state index in [-0.39, 0.29) is 35.8 Å². The van der Waals surface area contributed by atoms with Crippen LogP contribution in [0.2, 0.25) is 0 Å². The summed E-state index contributed by atoms with van der Waals surface area (Å²) in [5, 5.41) is 9.19. The van der Waals surface area contributed by atoms with Crippen LogP contribution in [-0.4, -0.2) is 61.9 Å². The average molecular weight is 503 g/mol. The van der Waals surface area contributed by atoms with E-state index in [0.29, 0.717) is 37.6 Å². The number of aryl methyl sites for hydroxylation is 1. The minimum Gasteiger partial charge on any atom is -0.357 e. The van der Waals surface area contributed by atoms with Gasteiger partial charge in [-0.05, 0) is 39.8 Å². The van der Waals surface area contributed by atoms with E-state index in [9.17, 15) is 9.59 Å². The molecular weight excluding hydrogens is 469 g/mol. The standard InChI is InChI=1S/C20H33N5O2.HI/c1-5-21-20(23-12-11-18(26)25(6-2)7-3)24-14-13-22-19(27)17-10-8-9-16(4)15-17;/h8-10,15H,5-7,11-14H2,1-4H3,(H,22,27)(H2,21,23,24);1H. The first-order valence-electron chi connectivity index (χ1n) is 9.66. The number of amides is 2. The highest BCUT2D eigenvalue weighted by atomic mass is 127. The molecule has 158 valence electrons. The number of guanidine groups is 1. The number of benzene rings is 1. The van der Waals surface area contributed by atoms with Crippen molar-refractivity contribution in [2.24, 2.45) is 4.99 Å². The van der Waals surface area contributed by atoms with Gasteiger partial charge in [0.25, 0.3) is 5.91 Å². The first-order chi connectivity index (χ1) is 13.0. The highest BCUT2D eigenvalue weighted by Gasteiger charge is 2.09. The normalized spacial score (nSPS) is 10.6. The number of hydrogen-bond acceptors (Lipinski definition) is 3. The second-order valence-corrected chi connectivity index (χ2v) is 6.13. The number of hydrogen-bond donors (Lipinski definition) is 3. The van der Waals surface area contributed by atoms with Crippen LogP contribution in [0.25, 0.3) is 0 Å². The molecule has 0 aliphatic heterocycles. The summed E-state index contributed by atoms with van der Waals surface area (Å²) in [7, 11) is 0. The molecule has 1 aromatic rings. The fourth-order valence-corrected chi connectivity index (χ4v) is 2.58. The Morgan fingerprint density at radius 2 is 1.71 bits per heavy atom. The Morgan fingerprint density at radius 1 is 1.04 bits per heavy atom. The Balaban J connectivity index is 0.00000729. The number of nitrogens with zero attached hydrogens (tertiary/aromatic N) is 2. The van der Waals surface area contributed by atoms with E-state index in [1.54, 1.807) is 11.0 Å². The molecule has 7 nitrogen and oxygen atoms in total. The summed E-state index contributed by atoms with van der Waals surface area (Å²) in [5.74, 6) is 0.673. The molecule has 0 aromatic heterocycles. The summed E-state index contributed by atoms with van der Waals surface area (Å²) in [6.07, 6.45) is 0.391. The number of aliphatic imine (C=N–C) groups is 1. The van der Waals surface area contributed by atoms with Crippen LogP contribution in [0.5, 0.6) is 0 Å². The highest BCUT2D eigenvalue weighted by molar-refractivity contribution is 14.0. The minimum atomic E-state index is -0.0905. The lowest BCUT2D eigenvalue weighted by atomic mass is 10.1. The van der Waals surface area contributed by atoms with Gasteiger partial charge in [-0.1, -0.05) is 17.7 Å². The number of carbonyl (C=O) groups is 2. The predicted molar refractivity (Wildman–Crippen MR) is 125 cm³/mol. The van der Waals surface area contributed by atoms with E-state index in [4.69, 9.17) is 0 Å². The van der Waals surface area contributed by atoms with Crippen molar-refractivity contribution >= 4 is 41.8 Å². The molecule has 0 radical (unpaired) electrons. The quantitative estimate of drug-likeness (QED) is 0.198. The summed E-state index contributed by atoms with van der Waals surface area (Å²) in [6, 6.07) is 7.50. The predicted octanol–water partition coefficient (Wildman–Crippen LogP) is 2.16. The second-order valence-electron chi connectivity index (χ2n) is 6.13. The second kappa shape index (κ2) is 15.1. The Morgan fingerprint density at radius 3 is 2.32 bits per heavy atom. The number of nitrogens with one attached hydrogen (secondary N) is 3. The van der Waals surface area contributed by atoms with Gasteiger partial charge in [0.05, 0.1) is 6.54 Å². The molecule has 8 heteroatoms. The van der Waals surface area contributed by atoms with E-state index >= 15 is 0 Å². The zero-order valence-electron chi connectivity index (χ0n) is 17.4. The van der Waals surface area contributed by atoms with Crippen molar-refractivity contribution in [1.29, 1.82) is 0 Å². The monoisotopic (exact) mass is 503 g/mol. The van der Waals surface area contributed by atoms with E-state index in [2.05, 4.69) is 20.9 Å². The van der Waals surface area contributed by atoms with Gasteiger partial charge in [-0.25, -0.2) is 0 Å². The third-order valence-corrected chi connectivity index (χ3v) is 4.04. The fourth-order valence-electron chi connectivity index (χ4n) is 2.58. The molecule has 0 heterocycles. The SMILES string of the molecule is CCNC(=NCCC(=O)N(CC)CC)NCCNC(=O)c1cccc(C)c1.I. The summed E-state index contributed by atoms with van der Waals surface area (Å²) in [6.45, 7) is 11.5. The molecule has 1 rings (SSSR count). The highest BCUT2D eigenvalue weighted by Crippen LogP contribution is 2.03. The zero-order valence-corrected chi connectivity index (χ0v) is 19.7. The maximum atomic E-state index is 12.1. The summed E-state index contributed by atoms with van der Waals surface area (Å²) in [5.41, 5.74) is 1.71. The molecular formula is C20H34IN5O2. The van der Waals surface area contributed by atoms with Crippen molar-refractivity contribution < 1.29 is 9.59 Å². The molecule has 0 aliphatic carbocycles. The van der Waals surface area contributed by atoms with Crippen LogP contribution in [0.1, 0.15) is 43.1 Å². The molecule has 28 heavy (non-hydrogen) atoms. The maximum absolute atomic E-state index is 12.1. The Labute approximate surface area is 185 Å². The Hall–Kier alpha value is -1.84. The lowest BCUT2D eigenvalue weighted by Gasteiger charge is -2.18. The molecule has 0 spiro atoms. The van der Waals surface area contributed by atoms with E-state index in [0.717, 1.165) is 25.2 Å². The van der Waals surface area contributed by atoms with Gasteiger partial charge in [0.1, 0.15) is 0 Å². The fraction of sp³-hybridized carbons (Fsp3) is 0.550. The van der Waals surface area contributed by atoms with Crippen molar-refractivity contribution in [2.75, 3.05) is 39.3 Å². The molecule has 0 saturated carbocycles. The van der Waals surface area contributed by atoms with Crippen LogP contribution in [0, 0.1) is 6.92 Å². The molecule has 0 unspecified atom stereocenters. The number of rotatable bonds is 10. The molecule has 2 amide bonds. The maximum Gasteiger partial charge on any atom is 0.251 e. The summed E-state index contributed by atoms with van der Waals surface area (Å²) >= 11 is 0. The van der Waals surface area contributed by atoms with Crippen molar-refractivity contribution in [3.8, 4) is 0 Å². The molecule has 0 aliphatic rings. The van der Waals surface area contributed by atoms with Gasteiger partial charge in [0.2, 0.25) is 5.91 Å². The van der Waals surface area contributed by atoms with Gasteiger partial charge in [-0.2, -0.15) is 0 Å². The van der Waals surface area contributed by atoms with Crippen molar-refractivity contribution in [2.45, 2.75) is 34.1 Å². The first-order valence-corrected chi connectivity index (χ1v) is 9.66. The van der Waals surface area contributed by atoms with Crippen molar-refractivity contribution in [3.63, 3.8) is 0 Å². The van der Waals surface area contributed by atoms with Crippen molar-refractivity contribution in [1.82, 2.24) is 20.9 Å². The lowest BCUT2D eigenvalue weighted by molar-refractivity contribution is -0.130. The Kier molecular flexibility index (Phi) is 14.1. The first kappa shape index (κ1) is 26.2. The third-order valence-electron chi connectivity index (χ3n) is 4.04. The largest absolute Gasteiger partial charge is 0.357 e. The number of halogens is 1. The van der Waals surface area contributed by atoms with Crippen LogP contribution in [0.4, 0.5) is 0 Å². The van der Waals surface area contributed by atoms with Gasteiger partial charge in [-0.15, -0.1) is 24.0 Å². The van der Waals surface area contributed by atoms with Crippen LogP contribution >= 0.6 is 24.0 Å². The summed E-state index contributed by atoms with van der Waals surface area (Å²) in [4.78, 5) is 30.3. The van der Waals surface area contributed by atoms with E-state index in [1.165, 1.54) is 0 Å². The molecule has 0 fully saturated rings. The van der Waals surface area contributed by atoms with Gasteiger partial charge < -0.3 is 20.9 Å². The minimum absolute atomic E-state index is 0. The Bertz CT molecular complexity index is 633. The molecule has 0 saturated heterocycles. The van der Waals surface area contributed by atoms with Gasteiger partial charge in [-0.3, -0.25) is 14.6 Å². The smallest absolute Gasteiger partial charge is 0.251 e. The van der Waals surface area contributed by atoms with Gasteiger partial charge >= 0.3 is 0 Å². The molecule has 3 N–H and O–H groups in total. The summed E-state index contributed by atoms with van der Waals surface area (Å²) < 4.78 is 0. The number of carbonyl (C=O) groups excluding carboxylic acids is 2. The van der Waals surface area contributed by atoms with Crippen LogP contribution < -0.4 is 16.0 Å². The molecule has 1 aromatic carbocycles. The van der Waals surface area contributed by atoms with Crippen LogP contribution in [-0.2, 0) is 4.79 Å². The molecule has 0 bridgehead atoms. The van der Waals surface area contributed by atoms with E-state index in [1.807, 2.05) is 45.9 Å². The lowest BCUT2D eigenvalue weighted by Crippen LogP contribution is -2.41. The van der Waals surface area contributed by atoms with Crippen LogP contribution in [0.3, 0.4) is 0 Å².